The molecule has 0 bridgehead atoms. The molecule has 0 aromatic heterocycles. The van der Waals surface area contributed by atoms with Crippen LogP contribution in [0, 0.1) is 0 Å². The van der Waals surface area contributed by atoms with Gasteiger partial charge in [0.15, 0.2) is 8.46 Å². The molecule has 96 valence electrons. The summed E-state index contributed by atoms with van der Waals surface area (Å²) in [4.78, 5) is 0. The average molecular weight is 244 g/mol. The lowest BCUT2D eigenvalue weighted by molar-refractivity contribution is 0.534. The predicted molar refractivity (Wildman–Crippen MR) is 73.5 cm³/mol. The minimum absolute atomic E-state index is 0.382. The molecule has 2 heteroatoms. The Labute approximate surface area is 104 Å². The van der Waals surface area contributed by atoms with Gasteiger partial charge >= 0.3 is 0 Å². The lowest BCUT2D eigenvalue weighted by atomic mass is 10.0. The van der Waals surface area contributed by atoms with Crippen molar-refractivity contribution in [3.63, 3.8) is 0 Å². The van der Waals surface area contributed by atoms with Gasteiger partial charge in [-0.1, -0.05) is 71.6 Å². The first kappa shape index (κ1) is 16.1. The van der Waals surface area contributed by atoms with Gasteiger partial charge in [0.1, 0.15) is 0 Å². The number of rotatable bonds is 12. The maximum Gasteiger partial charge on any atom is 0.158 e. The molecular formula is C14H29OP. The van der Waals surface area contributed by atoms with E-state index in [4.69, 9.17) is 0 Å². The zero-order valence-corrected chi connectivity index (χ0v) is 12.1. The normalized spacial score (nSPS) is 13.1. The van der Waals surface area contributed by atoms with Crippen molar-refractivity contribution in [2.45, 2.75) is 90.1 Å². The summed E-state index contributed by atoms with van der Waals surface area (Å²) in [6.07, 6.45) is 14.2. The van der Waals surface area contributed by atoms with Crippen molar-refractivity contribution in [1.82, 2.24) is 0 Å². The van der Waals surface area contributed by atoms with Gasteiger partial charge in [-0.2, -0.15) is 0 Å². The Morgan fingerprint density at radius 1 is 0.750 bits per heavy atom. The molecule has 0 N–H and O–H groups in total. The summed E-state index contributed by atoms with van der Waals surface area (Å²) >= 11 is 0. The summed E-state index contributed by atoms with van der Waals surface area (Å²) in [5.74, 6) is 0. The molecule has 0 saturated carbocycles. The Morgan fingerprint density at radius 3 is 1.62 bits per heavy atom. The van der Waals surface area contributed by atoms with Crippen molar-refractivity contribution in [2.75, 3.05) is 0 Å². The highest BCUT2D eigenvalue weighted by Crippen LogP contribution is 2.22. The molecule has 0 saturated heterocycles. The topological polar surface area (TPSA) is 17.1 Å². The Hall–Kier alpha value is 0.100. The largest absolute Gasteiger partial charge is 0.275 e. The van der Waals surface area contributed by atoms with Crippen LogP contribution in [0.25, 0.3) is 0 Å². The number of unbranched alkanes of at least 4 members (excludes halogenated alkanes) is 7. The van der Waals surface area contributed by atoms with Crippen molar-refractivity contribution in [1.29, 1.82) is 0 Å². The summed E-state index contributed by atoms with van der Waals surface area (Å²) in [7, 11) is 0.382. The molecule has 16 heavy (non-hydrogen) atoms. The fourth-order valence-corrected chi connectivity index (χ4v) is 2.62. The third kappa shape index (κ3) is 10.6. The van der Waals surface area contributed by atoms with Gasteiger partial charge in [-0.15, -0.1) is 0 Å². The quantitative estimate of drug-likeness (QED) is 0.305. The van der Waals surface area contributed by atoms with Gasteiger partial charge in [0.05, 0.1) is 0 Å². The second kappa shape index (κ2) is 13.2. The highest BCUT2D eigenvalue weighted by molar-refractivity contribution is 7.24. The minimum atomic E-state index is 0.382. The SMILES string of the molecule is CCCCCCCC(CCCCCC)P=O. The van der Waals surface area contributed by atoms with Gasteiger partial charge in [0.2, 0.25) is 0 Å². The van der Waals surface area contributed by atoms with Gasteiger partial charge in [-0.25, -0.2) is 0 Å². The molecule has 0 rings (SSSR count). The number of hydrogen-bond acceptors (Lipinski definition) is 1. The van der Waals surface area contributed by atoms with Gasteiger partial charge in [0.25, 0.3) is 0 Å². The Bertz CT molecular complexity index is 148. The molecule has 1 atom stereocenters. The maximum atomic E-state index is 11.0. The summed E-state index contributed by atoms with van der Waals surface area (Å²) in [6.45, 7) is 4.48. The van der Waals surface area contributed by atoms with Crippen LogP contribution in [0.2, 0.25) is 0 Å². The first-order valence-corrected chi connectivity index (χ1v) is 8.05. The van der Waals surface area contributed by atoms with Crippen LogP contribution in [0.5, 0.6) is 0 Å². The fraction of sp³-hybridized carbons (Fsp3) is 1.00. The predicted octanol–water partition coefficient (Wildman–Crippen LogP) is 5.98. The van der Waals surface area contributed by atoms with Crippen LogP contribution in [0.1, 0.15) is 84.5 Å². The number of hydrogen-bond donors (Lipinski definition) is 0. The van der Waals surface area contributed by atoms with E-state index in [-0.39, 0.29) is 0 Å². The molecule has 0 aromatic rings. The van der Waals surface area contributed by atoms with Crippen LogP contribution in [0.15, 0.2) is 0 Å². The van der Waals surface area contributed by atoms with Gasteiger partial charge < -0.3 is 0 Å². The molecule has 1 nitrogen and oxygen atoms in total. The average Bonchev–Trinajstić information content (AvgIpc) is 2.31. The van der Waals surface area contributed by atoms with Crippen molar-refractivity contribution in [3.05, 3.63) is 0 Å². The van der Waals surface area contributed by atoms with Crippen LogP contribution in [-0.4, -0.2) is 5.66 Å². The molecule has 1 unspecified atom stereocenters. The molecule has 0 aromatic carbocycles. The van der Waals surface area contributed by atoms with Gasteiger partial charge in [0, 0.05) is 5.66 Å². The Morgan fingerprint density at radius 2 is 1.19 bits per heavy atom. The molecule has 0 amide bonds. The van der Waals surface area contributed by atoms with E-state index in [2.05, 4.69) is 13.8 Å². The standard InChI is InChI=1S/C14H29OP/c1-3-5-7-9-11-13-14(16-15)12-10-8-6-4-2/h14H,3-13H2,1-2H3. The van der Waals surface area contributed by atoms with Crippen LogP contribution < -0.4 is 0 Å². The van der Waals surface area contributed by atoms with E-state index in [1.54, 1.807) is 0 Å². The zero-order valence-electron chi connectivity index (χ0n) is 11.2. The molecule has 0 aliphatic rings. The molecule has 0 heterocycles. The summed E-state index contributed by atoms with van der Waals surface area (Å²) in [5.41, 5.74) is 0.443. The van der Waals surface area contributed by atoms with Crippen molar-refractivity contribution in [2.24, 2.45) is 0 Å². The highest BCUT2D eigenvalue weighted by Gasteiger charge is 2.07. The first-order chi connectivity index (χ1) is 7.85. The second-order valence-electron chi connectivity index (χ2n) is 4.81. The molecule has 0 aliphatic heterocycles. The van der Waals surface area contributed by atoms with Crippen LogP contribution >= 0.6 is 8.46 Å². The molecule has 0 aliphatic carbocycles. The molecular weight excluding hydrogens is 215 g/mol. The maximum absolute atomic E-state index is 11.0. The Balaban J connectivity index is 3.33. The molecule has 0 fully saturated rings. The van der Waals surface area contributed by atoms with Crippen molar-refractivity contribution >= 4 is 8.46 Å². The zero-order chi connectivity index (χ0) is 12.1. The molecule has 0 spiro atoms. The van der Waals surface area contributed by atoms with E-state index in [0.29, 0.717) is 14.1 Å². The summed E-state index contributed by atoms with van der Waals surface area (Å²) in [5, 5.41) is 0. The molecule has 0 radical (unpaired) electrons. The fourth-order valence-electron chi connectivity index (χ4n) is 2.04. The van der Waals surface area contributed by atoms with Crippen LogP contribution in [0.4, 0.5) is 0 Å². The monoisotopic (exact) mass is 244 g/mol. The van der Waals surface area contributed by atoms with Gasteiger partial charge in [-0.05, 0) is 12.8 Å². The van der Waals surface area contributed by atoms with E-state index in [1.807, 2.05) is 0 Å². The Kier molecular flexibility index (Phi) is 13.2. The van der Waals surface area contributed by atoms with Gasteiger partial charge in [-0.3, -0.25) is 4.57 Å². The minimum Gasteiger partial charge on any atom is -0.275 e. The van der Waals surface area contributed by atoms with Crippen LogP contribution in [0.3, 0.4) is 0 Å². The van der Waals surface area contributed by atoms with E-state index < -0.39 is 0 Å². The summed E-state index contributed by atoms with van der Waals surface area (Å²) < 4.78 is 11.0. The highest BCUT2D eigenvalue weighted by atomic mass is 31.1. The second-order valence-corrected chi connectivity index (χ2v) is 5.75. The first-order valence-electron chi connectivity index (χ1n) is 7.17. The van der Waals surface area contributed by atoms with E-state index >= 15 is 0 Å². The summed E-state index contributed by atoms with van der Waals surface area (Å²) in [6, 6.07) is 0. The van der Waals surface area contributed by atoms with E-state index in [0.717, 1.165) is 0 Å². The van der Waals surface area contributed by atoms with Crippen molar-refractivity contribution in [3.8, 4) is 0 Å². The van der Waals surface area contributed by atoms with E-state index in [9.17, 15) is 4.57 Å². The third-order valence-corrected chi connectivity index (χ3v) is 4.00. The van der Waals surface area contributed by atoms with Crippen molar-refractivity contribution < 1.29 is 4.57 Å². The van der Waals surface area contributed by atoms with E-state index in [1.165, 1.54) is 70.6 Å². The third-order valence-electron chi connectivity index (χ3n) is 3.18. The smallest absolute Gasteiger partial charge is 0.158 e. The van der Waals surface area contributed by atoms with Crippen LogP contribution in [-0.2, 0) is 4.57 Å². The lowest BCUT2D eigenvalue weighted by Gasteiger charge is -2.08. The lowest BCUT2D eigenvalue weighted by Crippen LogP contribution is -1.98.